The Morgan fingerprint density at radius 3 is 1.48 bits per heavy atom. The van der Waals surface area contributed by atoms with Gasteiger partial charge in [-0.1, -0.05) is 0 Å². The number of hydrogen-bond donors (Lipinski definition) is 3. The monoisotopic (exact) mass is 322 g/mol. The Morgan fingerprint density at radius 2 is 1.24 bits per heavy atom. The molecule has 0 aliphatic heterocycles. The Bertz CT molecular complexity index is 309. The van der Waals surface area contributed by atoms with Gasteiger partial charge in [-0.15, -0.1) is 0 Å². The van der Waals surface area contributed by atoms with Gasteiger partial charge in [-0.3, -0.25) is 19.8 Å². The largest absolute Gasteiger partial charge is 0.462 e. The third-order valence-corrected chi connectivity index (χ3v) is 3.93. The van der Waals surface area contributed by atoms with E-state index in [1.807, 2.05) is 0 Å². The molecule has 21 heavy (non-hydrogen) atoms. The van der Waals surface area contributed by atoms with Crippen molar-refractivity contribution < 1.29 is 24.2 Å². The first-order chi connectivity index (χ1) is 9.67. The lowest BCUT2D eigenvalue weighted by Crippen LogP contribution is -2.41. The van der Waals surface area contributed by atoms with Crippen LogP contribution in [0.3, 0.4) is 0 Å². The van der Waals surface area contributed by atoms with Crippen molar-refractivity contribution in [2.75, 3.05) is 6.35 Å². The summed E-state index contributed by atoms with van der Waals surface area (Å²) in [4.78, 5) is 23.4. The maximum Gasteiger partial charge on any atom is 0.323 e. The molecule has 124 valence electrons. The Hall–Kier alpha value is -0.750. The molecule has 0 saturated carbocycles. The molecule has 0 bridgehead atoms. The van der Waals surface area contributed by atoms with Gasteiger partial charge in [-0.05, 0) is 41.5 Å². The van der Waals surface area contributed by atoms with Gasteiger partial charge in [0, 0.05) is 0 Å². The van der Waals surface area contributed by atoms with Crippen molar-refractivity contribution in [1.82, 2.24) is 10.2 Å². The van der Waals surface area contributed by atoms with Gasteiger partial charge in [-0.2, -0.15) is 0 Å². The maximum atomic E-state index is 11.7. The van der Waals surface area contributed by atoms with Gasteiger partial charge in [0.1, 0.15) is 12.1 Å². The molecule has 0 radical (unpaired) electrons. The van der Waals surface area contributed by atoms with Crippen LogP contribution in [0.1, 0.15) is 41.5 Å². The van der Waals surface area contributed by atoms with Gasteiger partial charge in [0.2, 0.25) is 0 Å². The molecule has 7 nitrogen and oxygen atoms in total. The summed E-state index contributed by atoms with van der Waals surface area (Å²) in [6, 6.07) is -1.15. The molecule has 0 spiro atoms. The van der Waals surface area contributed by atoms with E-state index in [0.29, 0.717) is 0 Å². The number of nitrogens with one attached hydrogen (secondary N) is 2. The van der Waals surface area contributed by atoms with E-state index in [-0.39, 0.29) is 18.6 Å². The molecular formula is C13H27N2O5P. The van der Waals surface area contributed by atoms with Crippen molar-refractivity contribution in [3.05, 3.63) is 0 Å². The quantitative estimate of drug-likeness (QED) is 0.432. The molecule has 0 heterocycles. The Kier molecular flexibility index (Phi) is 9.70. The predicted molar refractivity (Wildman–Crippen MR) is 81.7 cm³/mol. The molecule has 0 fully saturated rings. The Morgan fingerprint density at radius 1 is 0.905 bits per heavy atom. The summed E-state index contributed by atoms with van der Waals surface area (Å²) < 4.78 is 10.1. The fourth-order valence-electron chi connectivity index (χ4n) is 1.36. The predicted octanol–water partition coefficient (Wildman–Crippen LogP) is 1.11. The van der Waals surface area contributed by atoms with Crippen LogP contribution in [0.2, 0.25) is 0 Å². The standard InChI is InChI=1S/C13H27N2O5P/c1-8(2)19-12(17)10(5)14-21(7-16)15-11(6)13(18)20-9(3)4/h8-11,14-16H,7H2,1-6H3/t10-,11?,21?/m0/s1. The number of esters is 2. The fraction of sp³-hybridized carbons (Fsp3) is 0.846. The SMILES string of the molecule is CC(C)OC(=O)C(C)NP(CO)N[C@@H](C)C(=O)OC(C)C. The lowest BCUT2D eigenvalue weighted by Gasteiger charge is -2.25. The second-order valence-electron chi connectivity index (χ2n) is 5.24. The van der Waals surface area contributed by atoms with Crippen LogP contribution in [0.15, 0.2) is 0 Å². The van der Waals surface area contributed by atoms with Crippen LogP contribution in [-0.2, 0) is 19.1 Å². The normalized spacial score (nSPS) is 15.7. The molecule has 0 aromatic heterocycles. The number of carbonyl (C=O) groups excluding carboxylic acids is 2. The number of hydrogen-bond acceptors (Lipinski definition) is 7. The maximum absolute atomic E-state index is 11.7. The van der Waals surface area contributed by atoms with E-state index < -0.39 is 32.2 Å². The van der Waals surface area contributed by atoms with Crippen LogP contribution in [0.5, 0.6) is 0 Å². The van der Waals surface area contributed by atoms with E-state index in [1.165, 1.54) is 0 Å². The highest BCUT2D eigenvalue weighted by molar-refractivity contribution is 7.53. The summed E-state index contributed by atoms with van der Waals surface area (Å²) in [6.07, 6.45) is -0.612. The molecule has 0 rings (SSSR count). The Balaban J connectivity index is 4.38. The van der Waals surface area contributed by atoms with Crippen LogP contribution in [0.25, 0.3) is 0 Å². The van der Waals surface area contributed by atoms with Gasteiger partial charge < -0.3 is 14.6 Å². The molecule has 3 N–H and O–H groups in total. The zero-order valence-corrected chi connectivity index (χ0v) is 14.4. The number of aliphatic hydroxyl groups excluding tert-OH is 1. The molecular weight excluding hydrogens is 295 g/mol. The second-order valence-corrected chi connectivity index (χ2v) is 6.90. The molecule has 2 unspecified atom stereocenters. The third-order valence-electron chi connectivity index (χ3n) is 2.25. The van der Waals surface area contributed by atoms with Crippen molar-refractivity contribution >= 4 is 20.2 Å². The van der Waals surface area contributed by atoms with Gasteiger partial charge in [0.25, 0.3) is 0 Å². The van der Waals surface area contributed by atoms with E-state index in [1.54, 1.807) is 41.5 Å². The molecule has 8 heteroatoms. The molecule has 0 aliphatic carbocycles. The minimum Gasteiger partial charge on any atom is -0.462 e. The van der Waals surface area contributed by atoms with E-state index in [4.69, 9.17) is 9.47 Å². The zero-order valence-electron chi connectivity index (χ0n) is 13.5. The first-order valence-corrected chi connectivity index (χ1v) is 8.51. The third kappa shape index (κ3) is 8.98. The fourth-order valence-corrected chi connectivity index (χ4v) is 2.74. The molecule has 0 saturated heterocycles. The van der Waals surface area contributed by atoms with Crippen molar-refractivity contribution in [2.24, 2.45) is 0 Å². The van der Waals surface area contributed by atoms with E-state index >= 15 is 0 Å². The topological polar surface area (TPSA) is 96.9 Å². The van der Waals surface area contributed by atoms with Crippen LogP contribution in [0, 0.1) is 0 Å². The van der Waals surface area contributed by atoms with Gasteiger partial charge in [-0.25, -0.2) is 0 Å². The number of carbonyl (C=O) groups is 2. The summed E-state index contributed by atoms with van der Waals surface area (Å²) in [5.74, 6) is -0.796. The van der Waals surface area contributed by atoms with Crippen LogP contribution in [0.4, 0.5) is 0 Å². The highest BCUT2D eigenvalue weighted by atomic mass is 31.1. The van der Waals surface area contributed by atoms with Gasteiger partial charge >= 0.3 is 11.9 Å². The molecule has 0 amide bonds. The number of rotatable bonds is 9. The molecule has 3 atom stereocenters. The average Bonchev–Trinajstić information content (AvgIpc) is 2.35. The first kappa shape index (κ1) is 20.2. The Labute approximate surface area is 127 Å². The first-order valence-electron chi connectivity index (χ1n) is 6.99. The summed E-state index contributed by atoms with van der Waals surface area (Å²) in [6.45, 7) is 10.4. The van der Waals surface area contributed by atoms with E-state index in [2.05, 4.69) is 10.2 Å². The summed E-state index contributed by atoms with van der Waals surface area (Å²) >= 11 is 0. The molecule has 0 aliphatic rings. The van der Waals surface area contributed by atoms with Gasteiger partial charge in [0.05, 0.1) is 26.8 Å². The number of aliphatic hydroxyl groups is 1. The lowest BCUT2D eigenvalue weighted by molar-refractivity contribution is -0.149. The molecule has 0 aromatic rings. The van der Waals surface area contributed by atoms with Gasteiger partial charge in [0.15, 0.2) is 0 Å². The van der Waals surface area contributed by atoms with E-state index in [0.717, 1.165) is 0 Å². The average molecular weight is 322 g/mol. The highest BCUT2D eigenvalue weighted by Gasteiger charge is 2.23. The molecule has 0 aromatic carbocycles. The summed E-state index contributed by atoms with van der Waals surface area (Å²) in [7, 11) is -1.30. The van der Waals surface area contributed by atoms with Crippen molar-refractivity contribution in [3.8, 4) is 0 Å². The minimum atomic E-state index is -1.30. The minimum absolute atomic E-state index is 0.199. The lowest BCUT2D eigenvalue weighted by atomic mass is 10.4. The summed E-state index contributed by atoms with van der Waals surface area (Å²) in [5, 5.41) is 15.2. The van der Waals surface area contributed by atoms with Crippen LogP contribution >= 0.6 is 8.22 Å². The van der Waals surface area contributed by atoms with Crippen molar-refractivity contribution in [1.29, 1.82) is 0 Å². The summed E-state index contributed by atoms with van der Waals surface area (Å²) in [5.41, 5.74) is 0. The van der Waals surface area contributed by atoms with Crippen LogP contribution < -0.4 is 10.2 Å². The smallest absolute Gasteiger partial charge is 0.323 e. The van der Waals surface area contributed by atoms with Crippen LogP contribution in [-0.4, -0.2) is 47.7 Å². The van der Waals surface area contributed by atoms with Crippen molar-refractivity contribution in [3.63, 3.8) is 0 Å². The van der Waals surface area contributed by atoms with E-state index in [9.17, 15) is 14.7 Å². The number of ether oxygens (including phenoxy) is 2. The zero-order chi connectivity index (χ0) is 16.6. The van der Waals surface area contributed by atoms with Crippen molar-refractivity contribution in [2.45, 2.75) is 65.8 Å². The second kappa shape index (κ2) is 10.1. The highest BCUT2D eigenvalue weighted by Crippen LogP contribution is 2.25.